The SMILES string of the molecule is C[C@H]1CCC[C@H](N[C@@H]2CCN(C)C2)C1. The second-order valence-corrected chi connectivity index (χ2v) is 5.38. The molecule has 0 bridgehead atoms. The number of nitrogens with one attached hydrogen (secondary N) is 1. The molecule has 0 unspecified atom stereocenters. The summed E-state index contributed by atoms with van der Waals surface area (Å²) in [5.74, 6) is 0.945. The summed E-state index contributed by atoms with van der Waals surface area (Å²) in [5, 5.41) is 3.84. The number of rotatable bonds is 2. The second-order valence-electron chi connectivity index (χ2n) is 5.38. The molecular formula is C12H24N2. The van der Waals surface area contributed by atoms with Crippen LogP contribution in [0.1, 0.15) is 39.0 Å². The lowest BCUT2D eigenvalue weighted by Crippen LogP contribution is -2.41. The van der Waals surface area contributed by atoms with Crippen molar-refractivity contribution < 1.29 is 0 Å². The molecule has 1 aliphatic carbocycles. The van der Waals surface area contributed by atoms with E-state index < -0.39 is 0 Å². The Morgan fingerprint density at radius 2 is 2.00 bits per heavy atom. The van der Waals surface area contributed by atoms with Crippen LogP contribution in [-0.4, -0.2) is 37.1 Å². The van der Waals surface area contributed by atoms with Crippen molar-refractivity contribution >= 4 is 0 Å². The monoisotopic (exact) mass is 196 g/mol. The smallest absolute Gasteiger partial charge is 0.0209 e. The van der Waals surface area contributed by atoms with Crippen LogP contribution in [0.5, 0.6) is 0 Å². The highest BCUT2D eigenvalue weighted by molar-refractivity contribution is 4.84. The first-order chi connectivity index (χ1) is 6.74. The number of likely N-dealkylation sites (N-methyl/N-ethyl adjacent to an activating group) is 1. The molecule has 1 saturated carbocycles. The van der Waals surface area contributed by atoms with E-state index in [1.54, 1.807) is 0 Å². The van der Waals surface area contributed by atoms with Gasteiger partial charge in [0.1, 0.15) is 0 Å². The van der Waals surface area contributed by atoms with Gasteiger partial charge >= 0.3 is 0 Å². The van der Waals surface area contributed by atoms with Crippen LogP contribution < -0.4 is 5.32 Å². The number of likely N-dealkylation sites (tertiary alicyclic amines) is 1. The summed E-state index contributed by atoms with van der Waals surface area (Å²) in [4.78, 5) is 2.43. The van der Waals surface area contributed by atoms with E-state index >= 15 is 0 Å². The fourth-order valence-electron chi connectivity index (χ4n) is 2.99. The van der Waals surface area contributed by atoms with E-state index in [0.717, 1.165) is 18.0 Å². The molecule has 1 heterocycles. The highest BCUT2D eigenvalue weighted by atomic mass is 15.2. The molecule has 0 amide bonds. The first-order valence-corrected chi connectivity index (χ1v) is 6.18. The molecule has 2 rings (SSSR count). The molecule has 0 aromatic carbocycles. The number of nitrogens with zero attached hydrogens (tertiary/aromatic N) is 1. The molecule has 1 aliphatic heterocycles. The van der Waals surface area contributed by atoms with Crippen molar-refractivity contribution in [1.82, 2.24) is 10.2 Å². The second kappa shape index (κ2) is 4.63. The maximum absolute atomic E-state index is 3.84. The van der Waals surface area contributed by atoms with E-state index in [1.807, 2.05) is 0 Å². The van der Waals surface area contributed by atoms with Crippen LogP contribution in [0.25, 0.3) is 0 Å². The zero-order valence-corrected chi connectivity index (χ0v) is 9.63. The standard InChI is InChI=1S/C12H24N2/c1-10-4-3-5-11(8-10)13-12-6-7-14(2)9-12/h10-13H,3-9H2,1-2H3/t10-,11-,12+/m0/s1. The van der Waals surface area contributed by atoms with E-state index in [-0.39, 0.29) is 0 Å². The Bertz CT molecular complexity index is 181. The van der Waals surface area contributed by atoms with Crippen molar-refractivity contribution in [3.8, 4) is 0 Å². The largest absolute Gasteiger partial charge is 0.310 e. The maximum atomic E-state index is 3.84. The third-order valence-electron chi connectivity index (χ3n) is 3.80. The van der Waals surface area contributed by atoms with Gasteiger partial charge in [0.15, 0.2) is 0 Å². The van der Waals surface area contributed by atoms with Crippen molar-refractivity contribution in [3.63, 3.8) is 0 Å². The maximum Gasteiger partial charge on any atom is 0.0209 e. The van der Waals surface area contributed by atoms with Gasteiger partial charge < -0.3 is 10.2 Å². The van der Waals surface area contributed by atoms with Gasteiger partial charge in [0, 0.05) is 18.6 Å². The Morgan fingerprint density at radius 3 is 2.64 bits per heavy atom. The summed E-state index contributed by atoms with van der Waals surface area (Å²) in [6, 6.07) is 1.59. The predicted molar refractivity (Wildman–Crippen MR) is 60.5 cm³/mol. The van der Waals surface area contributed by atoms with Gasteiger partial charge in [0.05, 0.1) is 0 Å². The van der Waals surface area contributed by atoms with Crippen molar-refractivity contribution in [2.45, 2.75) is 51.1 Å². The van der Waals surface area contributed by atoms with Gasteiger partial charge in [0.2, 0.25) is 0 Å². The minimum Gasteiger partial charge on any atom is -0.310 e. The Balaban J connectivity index is 1.74. The zero-order valence-electron chi connectivity index (χ0n) is 9.63. The van der Waals surface area contributed by atoms with Crippen LogP contribution in [0.4, 0.5) is 0 Å². The predicted octanol–water partition coefficient (Wildman–Crippen LogP) is 1.86. The van der Waals surface area contributed by atoms with Crippen LogP contribution in [0, 0.1) is 5.92 Å². The molecule has 0 aromatic heterocycles. The van der Waals surface area contributed by atoms with Gasteiger partial charge in [-0.15, -0.1) is 0 Å². The Labute approximate surface area is 88.1 Å². The molecule has 2 nitrogen and oxygen atoms in total. The van der Waals surface area contributed by atoms with Crippen molar-refractivity contribution in [2.24, 2.45) is 5.92 Å². The lowest BCUT2D eigenvalue weighted by Gasteiger charge is -2.30. The normalized spacial score (nSPS) is 40.3. The minimum atomic E-state index is 0.773. The van der Waals surface area contributed by atoms with Gasteiger partial charge in [-0.1, -0.05) is 19.8 Å². The summed E-state index contributed by atoms with van der Waals surface area (Å²) in [5.41, 5.74) is 0. The molecule has 0 spiro atoms. The van der Waals surface area contributed by atoms with Gasteiger partial charge in [-0.3, -0.25) is 0 Å². The molecule has 2 aliphatic rings. The fourth-order valence-corrected chi connectivity index (χ4v) is 2.99. The van der Waals surface area contributed by atoms with Crippen LogP contribution in [0.15, 0.2) is 0 Å². The molecule has 14 heavy (non-hydrogen) atoms. The van der Waals surface area contributed by atoms with Gasteiger partial charge in [-0.05, 0) is 38.8 Å². The van der Waals surface area contributed by atoms with Crippen molar-refractivity contribution in [1.29, 1.82) is 0 Å². The molecular weight excluding hydrogens is 172 g/mol. The number of hydrogen-bond donors (Lipinski definition) is 1. The minimum absolute atomic E-state index is 0.773. The Hall–Kier alpha value is -0.0800. The first kappa shape index (κ1) is 10.4. The topological polar surface area (TPSA) is 15.3 Å². The van der Waals surface area contributed by atoms with E-state index in [9.17, 15) is 0 Å². The summed E-state index contributed by atoms with van der Waals surface area (Å²) in [6.07, 6.45) is 7.04. The molecule has 3 atom stereocenters. The Kier molecular flexibility index (Phi) is 3.45. The van der Waals surface area contributed by atoms with E-state index in [2.05, 4.69) is 24.2 Å². The van der Waals surface area contributed by atoms with Crippen LogP contribution in [0.3, 0.4) is 0 Å². The Morgan fingerprint density at radius 1 is 1.14 bits per heavy atom. The van der Waals surface area contributed by atoms with Gasteiger partial charge in [-0.25, -0.2) is 0 Å². The molecule has 1 saturated heterocycles. The van der Waals surface area contributed by atoms with E-state index in [1.165, 1.54) is 45.2 Å². The molecule has 1 N–H and O–H groups in total. The lowest BCUT2D eigenvalue weighted by atomic mass is 9.87. The van der Waals surface area contributed by atoms with Crippen molar-refractivity contribution in [2.75, 3.05) is 20.1 Å². The van der Waals surface area contributed by atoms with Crippen LogP contribution in [-0.2, 0) is 0 Å². The summed E-state index contributed by atoms with van der Waals surface area (Å²) >= 11 is 0. The first-order valence-electron chi connectivity index (χ1n) is 6.18. The highest BCUT2D eigenvalue weighted by Gasteiger charge is 2.24. The van der Waals surface area contributed by atoms with E-state index in [4.69, 9.17) is 0 Å². The molecule has 2 fully saturated rings. The van der Waals surface area contributed by atoms with Gasteiger partial charge in [0.25, 0.3) is 0 Å². The summed E-state index contributed by atoms with van der Waals surface area (Å²) in [7, 11) is 2.23. The van der Waals surface area contributed by atoms with Crippen LogP contribution in [0.2, 0.25) is 0 Å². The lowest BCUT2D eigenvalue weighted by molar-refractivity contribution is 0.278. The van der Waals surface area contributed by atoms with E-state index in [0.29, 0.717) is 0 Å². The third kappa shape index (κ3) is 2.71. The highest BCUT2D eigenvalue weighted by Crippen LogP contribution is 2.24. The summed E-state index contributed by atoms with van der Waals surface area (Å²) < 4.78 is 0. The fraction of sp³-hybridized carbons (Fsp3) is 1.00. The molecule has 0 radical (unpaired) electrons. The van der Waals surface area contributed by atoms with Gasteiger partial charge in [-0.2, -0.15) is 0 Å². The van der Waals surface area contributed by atoms with Crippen LogP contribution >= 0.6 is 0 Å². The van der Waals surface area contributed by atoms with Crippen molar-refractivity contribution in [3.05, 3.63) is 0 Å². The number of hydrogen-bond acceptors (Lipinski definition) is 2. The summed E-state index contributed by atoms with van der Waals surface area (Å²) in [6.45, 7) is 4.93. The zero-order chi connectivity index (χ0) is 9.97. The average molecular weight is 196 g/mol. The molecule has 82 valence electrons. The molecule has 0 aromatic rings. The average Bonchev–Trinajstić information content (AvgIpc) is 2.51. The molecule has 2 heteroatoms. The quantitative estimate of drug-likeness (QED) is 0.725. The third-order valence-corrected chi connectivity index (χ3v) is 3.80.